The van der Waals surface area contributed by atoms with Crippen molar-refractivity contribution in [2.45, 2.75) is 38.2 Å². The Bertz CT molecular complexity index is 580. The maximum atomic E-state index is 14.0. The number of amides is 1. The van der Waals surface area contributed by atoms with Crippen molar-refractivity contribution in [1.82, 2.24) is 4.90 Å². The quantitative estimate of drug-likeness (QED) is 0.839. The van der Waals surface area contributed by atoms with Crippen molar-refractivity contribution in [2.24, 2.45) is 11.3 Å². The molecule has 3 nitrogen and oxygen atoms in total. The van der Waals surface area contributed by atoms with E-state index in [-0.39, 0.29) is 23.2 Å². The van der Waals surface area contributed by atoms with E-state index in [1.165, 1.54) is 18.9 Å². The van der Waals surface area contributed by atoms with Crippen LogP contribution in [0.4, 0.5) is 4.39 Å². The molecule has 1 amide bonds. The van der Waals surface area contributed by atoms with Crippen molar-refractivity contribution < 1.29 is 13.9 Å². The summed E-state index contributed by atoms with van der Waals surface area (Å²) in [5.41, 5.74) is 0.454. The van der Waals surface area contributed by atoms with E-state index in [0.717, 1.165) is 25.2 Å². The predicted molar refractivity (Wildman–Crippen MR) is 80.7 cm³/mol. The normalized spacial score (nSPS) is 34.1. The van der Waals surface area contributed by atoms with Crippen molar-refractivity contribution >= 4 is 5.91 Å². The van der Waals surface area contributed by atoms with Crippen LogP contribution in [0.15, 0.2) is 24.3 Å². The van der Waals surface area contributed by atoms with Gasteiger partial charge in [0, 0.05) is 17.5 Å². The van der Waals surface area contributed by atoms with Crippen LogP contribution in [-0.4, -0.2) is 30.5 Å². The predicted octanol–water partition coefficient (Wildman–Crippen LogP) is 3.31. The molecular weight excluding hydrogens is 281 g/mol. The molecule has 1 saturated heterocycles. The number of halogens is 1. The van der Waals surface area contributed by atoms with Crippen LogP contribution in [0, 0.1) is 17.2 Å². The van der Waals surface area contributed by atoms with Gasteiger partial charge in [-0.2, -0.15) is 0 Å². The van der Waals surface area contributed by atoms with E-state index in [0.29, 0.717) is 25.3 Å². The summed E-state index contributed by atoms with van der Waals surface area (Å²) in [5.74, 6) is 0.797. The van der Waals surface area contributed by atoms with Gasteiger partial charge in [-0.25, -0.2) is 4.39 Å². The minimum Gasteiger partial charge on any atom is -0.370 e. The van der Waals surface area contributed by atoms with Crippen LogP contribution in [0.25, 0.3) is 0 Å². The first kappa shape index (κ1) is 14.2. The van der Waals surface area contributed by atoms with Crippen molar-refractivity contribution in [1.29, 1.82) is 0 Å². The van der Waals surface area contributed by atoms with Gasteiger partial charge in [0.05, 0.1) is 13.2 Å². The molecule has 0 radical (unpaired) electrons. The second-order valence-corrected chi connectivity index (χ2v) is 7.06. The summed E-state index contributed by atoms with van der Waals surface area (Å²) in [4.78, 5) is 14.9. The number of hydrogen-bond acceptors (Lipinski definition) is 2. The Morgan fingerprint density at radius 1 is 1.27 bits per heavy atom. The maximum absolute atomic E-state index is 14.0. The van der Waals surface area contributed by atoms with Crippen molar-refractivity contribution in [2.75, 3.05) is 19.7 Å². The molecule has 4 rings (SSSR count). The summed E-state index contributed by atoms with van der Waals surface area (Å²) in [6.45, 7) is 1.60. The van der Waals surface area contributed by atoms with Gasteiger partial charge in [-0.1, -0.05) is 18.2 Å². The number of fused-ring (bicyclic) bond motifs is 2. The molecule has 3 aliphatic rings. The van der Waals surface area contributed by atoms with Crippen LogP contribution in [0.2, 0.25) is 0 Å². The molecule has 1 aromatic rings. The highest BCUT2D eigenvalue weighted by Crippen LogP contribution is 2.55. The lowest BCUT2D eigenvalue weighted by atomic mass is 9.82. The molecule has 0 aromatic heterocycles. The van der Waals surface area contributed by atoms with E-state index in [1.54, 1.807) is 12.1 Å². The minimum absolute atomic E-state index is 0.109. The van der Waals surface area contributed by atoms with Gasteiger partial charge in [0.2, 0.25) is 5.91 Å². The fraction of sp³-hybridized carbons (Fsp3) is 0.611. The summed E-state index contributed by atoms with van der Waals surface area (Å²) in [7, 11) is 0. The fourth-order valence-corrected chi connectivity index (χ4v) is 4.59. The lowest BCUT2D eigenvalue weighted by Gasteiger charge is -2.38. The summed E-state index contributed by atoms with van der Waals surface area (Å²) in [6, 6.07) is 6.71. The third-order valence-corrected chi connectivity index (χ3v) is 5.80. The number of carbonyl (C=O) groups is 1. The Kier molecular flexibility index (Phi) is 3.44. The second kappa shape index (κ2) is 5.34. The van der Waals surface area contributed by atoms with E-state index >= 15 is 0 Å². The minimum atomic E-state index is -0.339. The summed E-state index contributed by atoms with van der Waals surface area (Å²) < 4.78 is 19.7. The number of nitrogens with zero attached hydrogens (tertiary/aromatic N) is 1. The zero-order chi connectivity index (χ0) is 15.2. The molecule has 2 aliphatic carbocycles. The first-order chi connectivity index (χ1) is 10.7. The van der Waals surface area contributed by atoms with Crippen molar-refractivity contribution in [3.63, 3.8) is 0 Å². The molecular formula is C18H22FNO2. The Balaban J connectivity index is 1.52. The zero-order valence-electron chi connectivity index (χ0n) is 12.8. The molecule has 1 aliphatic heterocycles. The largest absolute Gasteiger partial charge is 0.370 e. The number of rotatable bonds is 2. The first-order valence-corrected chi connectivity index (χ1v) is 8.33. The molecule has 1 unspecified atom stereocenters. The number of benzene rings is 1. The Hall–Kier alpha value is -1.42. The molecule has 118 valence electrons. The van der Waals surface area contributed by atoms with E-state index in [4.69, 9.17) is 4.74 Å². The van der Waals surface area contributed by atoms with Crippen molar-refractivity contribution in [3.8, 4) is 0 Å². The molecule has 2 bridgehead atoms. The highest BCUT2D eigenvalue weighted by Gasteiger charge is 2.51. The van der Waals surface area contributed by atoms with E-state index in [1.807, 2.05) is 11.0 Å². The number of morpholine rings is 1. The van der Waals surface area contributed by atoms with Gasteiger partial charge in [0.1, 0.15) is 11.9 Å². The van der Waals surface area contributed by atoms with E-state index < -0.39 is 0 Å². The molecule has 1 heterocycles. The summed E-state index contributed by atoms with van der Waals surface area (Å²) in [6.07, 6.45) is 5.21. The van der Waals surface area contributed by atoms with Crippen LogP contribution < -0.4 is 0 Å². The highest BCUT2D eigenvalue weighted by molar-refractivity contribution is 5.83. The van der Waals surface area contributed by atoms with Crippen LogP contribution in [0.3, 0.4) is 0 Å². The van der Waals surface area contributed by atoms with Crippen LogP contribution in [-0.2, 0) is 9.53 Å². The van der Waals surface area contributed by atoms with Gasteiger partial charge in [-0.05, 0) is 44.1 Å². The Labute approximate surface area is 130 Å². The number of hydrogen-bond donors (Lipinski definition) is 0. The fourth-order valence-electron chi connectivity index (χ4n) is 4.59. The first-order valence-electron chi connectivity index (χ1n) is 8.33. The molecule has 1 aromatic carbocycles. The molecule has 2 saturated carbocycles. The lowest BCUT2D eigenvalue weighted by molar-refractivity contribution is -0.149. The smallest absolute Gasteiger partial charge is 0.228 e. The van der Waals surface area contributed by atoms with Gasteiger partial charge < -0.3 is 9.64 Å². The molecule has 3 fully saturated rings. The summed E-state index contributed by atoms with van der Waals surface area (Å²) in [5, 5.41) is 0. The number of ether oxygens (including phenoxy) is 1. The van der Waals surface area contributed by atoms with Crippen molar-refractivity contribution in [3.05, 3.63) is 35.6 Å². The van der Waals surface area contributed by atoms with Gasteiger partial charge in [0.25, 0.3) is 0 Å². The monoisotopic (exact) mass is 303 g/mol. The van der Waals surface area contributed by atoms with Gasteiger partial charge in [0.15, 0.2) is 0 Å². The summed E-state index contributed by atoms with van der Waals surface area (Å²) >= 11 is 0. The molecule has 0 N–H and O–H groups in total. The van der Waals surface area contributed by atoms with Gasteiger partial charge >= 0.3 is 0 Å². The SMILES string of the molecule is O=C(N1CCOC(c2ccccc2F)C1)C12CCC(CC1)C2. The second-order valence-electron chi connectivity index (χ2n) is 7.06. The Morgan fingerprint density at radius 2 is 2.05 bits per heavy atom. The molecule has 4 heteroatoms. The number of carbonyl (C=O) groups excluding carboxylic acids is 1. The maximum Gasteiger partial charge on any atom is 0.228 e. The molecule has 0 spiro atoms. The standard InChI is InChI=1S/C18H22FNO2/c19-15-4-2-1-3-14(15)16-12-20(9-10-22-16)17(21)18-7-5-13(11-18)6-8-18/h1-4,13,16H,5-12H2. The topological polar surface area (TPSA) is 29.5 Å². The van der Waals surface area contributed by atoms with Crippen LogP contribution in [0.5, 0.6) is 0 Å². The third-order valence-electron chi connectivity index (χ3n) is 5.80. The highest BCUT2D eigenvalue weighted by atomic mass is 19.1. The average Bonchev–Trinajstić information content (AvgIpc) is 3.17. The van der Waals surface area contributed by atoms with Gasteiger partial charge in [-0.3, -0.25) is 4.79 Å². The third kappa shape index (κ3) is 2.24. The molecule has 22 heavy (non-hydrogen) atoms. The molecule has 1 atom stereocenters. The Morgan fingerprint density at radius 3 is 2.73 bits per heavy atom. The van der Waals surface area contributed by atoms with Crippen LogP contribution in [0.1, 0.15) is 43.8 Å². The van der Waals surface area contributed by atoms with E-state index in [9.17, 15) is 9.18 Å². The van der Waals surface area contributed by atoms with E-state index in [2.05, 4.69) is 0 Å². The average molecular weight is 303 g/mol. The van der Waals surface area contributed by atoms with Crippen LogP contribution >= 0.6 is 0 Å². The lowest BCUT2D eigenvalue weighted by Crippen LogP contribution is -2.48. The van der Waals surface area contributed by atoms with Gasteiger partial charge in [-0.15, -0.1) is 0 Å². The zero-order valence-corrected chi connectivity index (χ0v) is 12.8.